The van der Waals surface area contributed by atoms with Crippen molar-refractivity contribution in [3.8, 4) is 5.75 Å². The van der Waals surface area contributed by atoms with Gasteiger partial charge >= 0.3 is 6.03 Å². The number of nitrogens with zero attached hydrogens (tertiary/aromatic N) is 5. The largest absolute Gasteiger partial charge is 0.497 e. The van der Waals surface area contributed by atoms with E-state index in [1.54, 1.807) is 12.0 Å². The molecular formula is C24H29N5O3. The van der Waals surface area contributed by atoms with Crippen molar-refractivity contribution in [3.63, 3.8) is 0 Å². The summed E-state index contributed by atoms with van der Waals surface area (Å²) in [6.07, 6.45) is 3.74. The second-order valence-corrected chi connectivity index (χ2v) is 8.33. The highest BCUT2D eigenvalue weighted by Gasteiger charge is 2.39. The van der Waals surface area contributed by atoms with Gasteiger partial charge in [-0.2, -0.15) is 0 Å². The number of aliphatic imine (C=N–C) groups is 1. The van der Waals surface area contributed by atoms with Gasteiger partial charge in [0.25, 0.3) is 0 Å². The molecule has 3 aliphatic heterocycles. The first-order chi connectivity index (χ1) is 15.7. The van der Waals surface area contributed by atoms with Crippen molar-refractivity contribution in [2.45, 2.75) is 32.4 Å². The topological polar surface area (TPSA) is 70.5 Å². The number of methoxy groups -OCH3 is 1. The molecule has 8 nitrogen and oxygen atoms in total. The molecule has 4 heterocycles. The molecule has 2 aromatic rings. The van der Waals surface area contributed by atoms with Gasteiger partial charge in [-0.15, -0.1) is 0 Å². The minimum atomic E-state index is -0.0393. The maximum Gasteiger partial charge on any atom is 0.330 e. The van der Waals surface area contributed by atoms with Crippen LogP contribution in [0, 0.1) is 0 Å². The Morgan fingerprint density at radius 1 is 1.16 bits per heavy atom. The molecule has 3 aliphatic rings. The van der Waals surface area contributed by atoms with E-state index in [9.17, 15) is 4.79 Å². The third-order valence-electron chi connectivity index (χ3n) is 6.41. The number of anilines is 2. The molecule has 8 heteroatoms. The van der Waals surface area contributed by atoms with Crippen molar-refractivity contribution in [2.24, 2.45) is 4.99 Å². The van der Waals surface area contributed by atoms with Gasteiger partial charge in [-0.25, -0.2) is 9.78 Å². The Kier molecular flexibility index (Phi) is 5.70. The van der Waals surface area contributed by atoms with E-state index >= 15 is 0 Å². The number of aromatic nitrogens is 1. The van der Waals surface area contributed by atoms with Gasteiger partial charge in [0.05, 0.1) is 50.5 Å². The number of fused-ring (bicyclic) bond motifs is 3. The van der Waals surface area contributed by atoms with E-state index in [0.717, 1.165) is 54.3 Å². The van der Waals surface area contributed by atoms with Crippen molar-refractivity contribution in [3.05, 3.63) is 47.8 Å². The highest BCUT2D eigenvalue weighted by molar-refractivity contribution is 6.18. The summed E-state index contributed by atoms with van der Waals surface area (Å²) in [5.41, 5.74) is 3.65. The third kappa shape index (κ3) is 3.79. The summed E-state index contributed by atoms with van der Waals surface area (Å²) in [5.74, 6) is 1.51. The fourth-order valence-corrected chi connectivity index (χ4v) is 4.49. The van der Waals surface area contributed by atoms with Crippen molar-refractivity contribution >= 4 is 23.2 Å². The molecule has 0 radical (unpaired) electrons. The number of carbonyl (C=O) groups is 1. The smallest absolute Gasteiger partial charge is 0.330 e. The van der Waals surface area contributed by atoms with Crippen molar-refractivity contribution < 1.29 is 14.3 Å². The van der Waals surface area contributed by atoms with Gasteiger partial charge in [-0.1, -0.05) is 19.1 Å². The lowest BCUT2D eigenvalue weighted by atomic mass is 10.0. The number of rotatable bonds is 5. The van der Waals surface area contributed by atoms with Crippen LogP contribution in [0.1, 0.15) is 31.0 Å². The average Bonchev–Trinajstić information content (AvgIpc) is 2.86. The molecule has 0 N–H and O–H groups in total. The number of hydrogen-bond donors (Lipinski definition) is 0. The second kappa shape index (κ2) is 8.78. The van der Waals surface area contributed by atoms with Crippen LogP contribution in [0.3, 0.4) is 0 Å². The van der Waals surface area contributed by atoms with Gasteiger partial charge < -0.3 is 14.4 Å². The predicted octanol–water partition coefficient (Wildman–Crippen LogP) is 3.30. The van der Waals surface area contributed by atoms with Crippen LogP contribution in [0.5, 0.6) is 5.75 Å². The molecule has 1 unspecified atom stereocenters. The molecule has 1 aromatic carbocycles. The Balaban J connectivity index is 1.56. The fourth-order valence-electron chi connectivity index (χ4n) is 4.49. The SMILES string of the molecule is CCC1CCN2C(=O)N(Cc3ccc(OC)cc3)c3cc(N4CCOCC4)cnc3C2=N1. The molecule has 0 bridgehead atoms. The van der Waals surface area contributed by atoms with E-state index in [1.807, 2.05) is 35.4 Å². The number of carbonyl (C=O) groups excluding carboxylic acids is 1. The van der Waals surface area contributed by atoms with Crippen molar-refractivity contribution in [2.75, 3.05) is 49.8 Å². The Labute approximate surface area is 188 Å². The molecule has 2 amide bonds. The van der Waals surface area contributed by atoms with E-state index in [0.29, 0.717) is 32.1 Å². The molecule has 1 saturated heterocycles. The van der Waals surface area contributed by atoms with Crippen LogP contribution in [-0.4, -0.2) is 67.8 Å². The Morgan fingerprint density at radius 3 is 2.66 bits per heavy atom. The summed E-state index contributed by atoms with van der Waals surface area (Å²) in [6.45, 7) is 6.30. The maximum atomic E-state index is 13.6. The van der Waals surface area contributed by atoms with Gasteiger partial charge in [0, 0.05) is 19.6 Å². The number of pyridine rings is 1. The zero-order chi connectivity index (χ0) is 22.1. The summed E-state index contributed by atoms with van der Waals surface area (Å²) in [5, 5.41) is 0. The molecule has 0 spiro atoms. The predicted molar refractivity (Wildman–Crippen MR) is 124 cm³/mol. The zero-order valence-corrected chi connectivity index (χ0v) is 18.7. The number of urea groups is 1. The monoisotopic (exact) mass is 435 g/mol. The zero-order valence-electron chi connectivity index (χ0n) is 18.7. The number of morpholine rings is 1. The molecule has 1 fully saturated rings. The molecule has 0 saturated carbocycles. The van der Waals surface area contributed by atoms with E-state index in [-0.39, 0.29) is 12.1 Å². The van der Waals surface area contributed by atoms with Crippen LogP contribution in [0.4, 0.5) is 16.2 Å². The van der Waals surface area contributed by atoms with Crippen LogP contribution in [0.25, 0.3) is 0 Å². The van der Waals surface area contributed by atoms with Gasteiger partial charge in [0.1, 0.15) is 11.4 Å². The first-order valence-electron chi connectivity index (χ1n) is 11.3. The van der Waals surface area contributed by atoms with E-state index in [4.69, 9.17) is 19.5 Å². The third-order valence-corrected chi connectivity index (χ3v) is 6.41. The standard InChI is InChI=1S/C24H29N5O3/c1-3-18-8-9-28-23(26-18)22-21(14-19(15-25-22)27-10-12-32-13-11-27)29(24(28)30)16-17-4-6-20(31-2)7-5-17/h4-7,14-15,18H,3,8-13,16H2,1-2H3. The molecule has 32 heavy (non-hydrogen) atoms. The normalized spacial score (nSPS) is 20.6. The van der Waals surface area contributed by atoms with E-state index in [1.165, 1.54) is 0 Å². The van der Waals surface area contributed by atoms with Crippen LogP contribution >= 0.6 is 0 Å². The number of amides is 2. The Hall–Kier alpha value is -3.13. The number of benzene rings is 1. The van der Waals surface area contributed by atoms with Gasteiger partial charge in [-0.3, -0.25) is 14.8 Å². The van der Waals surface area contributed by atoms with Crippen LogP contribution in [0.15, 0.2) is 41.5 Å². The average molecular weight is 436 g/mol. The summed E-state index contributed by atoms with van der Waals surface area (Å²) in [7, 11) is 1.65. The Morgan fingerprint density at radius 2 is 1.94 bits per heavy atom. The van der Waals surface area contributed by atoms with Crippen molar-refractivity contribution in [1.29, 1.82) is 0 Å². The fraction of sp³-hybridized carbons (Fsp3) is 0.458. The maximum absolute atomic E-state index is 13.6. The highest BCUT2D eigenvalue weighted by atomic mass is 16.5. The van der Waals surface area contributed by atoms with Crippen LogP contribution < -0.4 is 14.5 Å². The minimum Gasteiger partial charge on any atom is -0.497 e. The molecule has 168 valence electrons. The summed E-state index contributed by atoms with van der Waals surface area (Å²) in [6, 6.07) is 10.1. The second-order valence-electron chi connectivity index (χ2n) is 8.33. The molecular weight excluding hydrogens is 406 g/mol. The van der Waals surface area contributed by atoms with E-state index < -0.39 is 0 Å². The van der Waals surface area contributed by atoms with Gasteiger partial charge in [-0.05, 0) is 36.6 Å². The highest BCUT2D eigenvalue weighted by Crippen LogP contribution is 2.35. The molecule has 5 rings (SSSR count). The minimum absolute atomic E-state index is 0.0393. The summed E-state index contributed by atoms with van der Waals surface area (Å²) < 4.78 is 10.8. The van der Waals surface area contributed by atoms with Crippen molar-refractivity contribution in [1.82, 2.24) is 9.88 Å². The number of amidine groups is 1. The summed E-state index contributed by atoms with van der Waals surface area (Å²) in [4.78, 5) is 29.2. The lowest BCUT2D eigenvalue weighted by molar-refractivity contribution is 0.122. The lowest BCUT2D eigenvalue weighted by Crippen LogP contribution is -2.54. The number of hydrogen-bond acceptors (Lipinski definition) is 6. The first kappa shape index (κ1) is 20.8. The summed E-state index contributed by atoms with van der Waals surface area (Å²) >= 11 is 0. The molecule has 0 aliphatic carbocycles. The van der Waals surface area contributed by atoms with Gasteiger partial charge in [0.2, 0.25) is 0 Å². The number of ether oxygens (including phenoxy) is 2. The van der Waals surface area contributed by atoms with Gasteiger partial charge in [0.15, 0.2) is 5.84 Å². The lowest BCUT2D eigenvalue weighted by Gasteiger charge is -2.40. The molecule has 1 aromatic heterocycles. The quantitative estimate of drug-likeness (QED) is 0.721. The first-order valence-corrected chi connectivity index (χ1v) is 11.3. The van der Waals surface area contributed by atoms with Crippen LogP contribution in [-0.2, 0) is 11.3 Å². The van der Waals surface area contributed by atoms with Crippen LogP contribution in [0.2, 0.25) is 0 Å². The Bertz CT molecular complexity index is 1020. The molecule has 1 atom stereocenters. The van der Waals surface area contributed by atoms with E-state index in [2.05, 4.69) is 17.9 Å².